The van der Waals surface area contributed by atoms with Gasteiger partial charge in [-0.1, -0.05) is 20.8 Å². The Balaban J connectivity index is 3.44. The molecule has 0 rings (SSSR count). The smallest absolute Gasteiger partial charge is 0.00879 e. The highest BCUT2D eigenvalue weighted by Gasteiger charge is 2.19. The van der Waals surface area contributed by atoms with Gasteiger partial charge in [0.05, 0.1) is 0 Å². The summed E-state index contributed by atoms with van der Waals surface area (Å²) in [4.78, 5) is 0. The monoisotopic (exact) mass is 175 g/mol. The van der Waals surface area contributed by atoms with Crippen LogP contribution in [0.1, 0.15) is 33.6 Å². The maximum atomic E-state index is 5.98. The van der Waals surface area contributed by atoms with Crippen molar-refractivity contribution in [1.82, 2.24) is 0 Å². The third-order valence-electron chi connectivity index (χ3n) is 1.98. The van der Waals surface area contributed by atoms with E-state index in [1.807, 2.05) is 11.8 Å². The van der Waals surface area contributed by atoms with E-state index in [0.717, 1.165) is 6.42 Å². The van der Waals surface area contributed by atoms with Crippen LogP contribution in [0, 0.1) is 5.41 Å². The topological polar surface area (TPSA) is 26.0 Å². The molecule has 68 valence electrons. The first-order valence-corrected chi connectivity index (χ1v) is 5.62. The van der Waals surface area contributed by atoms with Gasteiger partial charge >= 0.3 is 0 Å². The third-order valence-corrected chi connectivity index (χ3v) is 2.67. The molecule has 0 saturated carbocycles. The van der Waals surface area contributed by atoms with Crippen LogP contribution in [0.25, 0.3) is 0 Å². The summed E-state index contributed by atoms with van der Waals surface area (Å²) in [5.41, 5.74) is 6.26. The van der Waals surface area contributed by atoms with Gasteiger partial charge in [-0.25, -0.2) is 0 Å². The van der Waals surface area contributed by atoms with E-state index in [4.69, 9.17) is 5.73 Å². The molecule has 2 N–H and O–H groups in total. The molecule has 0 aromatic heterocycles. The largest absolute Gasteiger partial charge is 0.327 e. The van der Waals surface area contributed by atoms with Crippen molar-refractivity contribution in [3.05, 3.63) is 0 Å². The number of nitrogens with two attached hydrogens (primary N) is 1. The van der Waals surface area contributed by atoms with Crippen LogP contribution in [0.4, 0.5) is 0 Å². The van der Waals surface area contributed by atoms with Crippen molar-refractivity contribution in [2.24, 2.45) is 11.1 Å². The lowest BCUT2D eigenvalue weighted by Gasteiger charge is -2.26. The van der Waals surface area contributed by atoms with E-state index in [9.17, 15) is 0 Å². The summed E-state index contributed by atoms with van der Waals surface area (Å²) in [5, 5.41) is 0. The van der Waals surface area contributed by atoms with Gasteiger partial charge in [0.25, 0.3) is 0 Å². The highest BCUT2D eigenvalue weighted by molar-refractivity contribution is 7.98. The Bertz CT molecular complexity index is 96.2. The SMILES string of the molecule is CSCCCC(N)C(C)(C)C. The molecule has 0 heterocycles. The first-order valence-electron chi connectivity index (χ1n) is 4.23. The molecule has 0 fully saturated rings. The van der Waals surface area contributed by atoms with Gasteiger partial charge in [0, 0.05) is 6.04 Å². The van der Waals surface area contributed by atoms with E-state index in [1.54, 1.807) is 0 Å². The van der Waals surface area contributed by atoms with Crippen molar-refractivity contribution in [3.8, 4) is 0 Å². The molecular formula is C9H21NS. The molecule has 0 aliphatic carbocycles. The Hall–Kier alpha value is 0.310. The lowest BCUT2D eigenvalue weighted by atomic mass is 9.85. The predicted molar refractivity (Wildman–Crippen MR) is 55.0 cm³/mol. The van der Waals surface area contributed by atoms with Gasteiger partial charge < -0.3 is 5.73 Å². The van der Waals surface area contributed by atoms with Gasteiger partial charge in [-0.2, -0.15) is 11.8 Å². The van der Waals surface area contributed by atoms with Crippen molar-refractivity contribution >= 4 is 11.8 Å². The van der Waals surface area contributed by atoms with Crippen LogP contribution in [0.15, 0.2) is 0 Å². The minimum Gasteiger partial charge on any atom is -0.327 e. The summed E-state index contributed by atoms with van der Waals surface area (Å²) in [6.07, 6.45) is 4.55. The van der Waals surface area contributed by atoms with Crippen LogP contribution >= 0.6 is 11.8 Å². The summed E-state index contributed by atoms with van der Waals surface area (Å²) in [6.45, 7) is 6.62. The second-order valence-corrected chi connectivity index (χ2v) is 5.09. The molecule has 0 aromatic rings. The average Bonchev–Trinajstić information content (AvgIpc) is 1.86. The highest BCUT2D eigenvalue weighted by Crippen LogP contribution is 2.21. The maximum Gasteiger partial charge on any atom is 0.00879 e. The van der Waals surface area contributed by atoms with Gasteiger partial charge in [-0.15, -0.1) is 0 Å². The molecule has 1 unspecified atom stereocenters. The van der Waals surface area contributed by atoms with Crippen LogP contribution in [0.5, 0.6) is 0 Å². The Morgan fingerprint density at radius 3 is 2.27 bits per heavy atom. The van der Waals surface area contributed by atoms with Crippen LogP contribution in [-0.4, -0.2) is 18.1 Å². The molecule has 11 heavy (non-hydrogen) atoms. The van der Waals surface area contributed by atoms with Gasteiger partial charge in [0.2, 0.25) is 0 Å². The average molecular weight is 175 g/mol. The summed E-state index contributed by atoms with van der Waals surface area (Å²) < 4.78 is 0. The van der Waals surface area contributed by atoms with Crippen molar-refractivity contribution in [2.75, 3.05) is 12.0 Å². The van der Waals surface area contributed by atoms with Crippen LogP contribution in [-0.2, 0) is 0 Å². The van der Waals surface area contributed by atoms with Gasteiger partial charge in [0.15, 0.2) is 0 Å². The van der Waals surface area contributed by atoms with E-state index in [0.29, 0.717) is 6.04 Å². The molecular weight excluding hydrogens is 154 g/mol. The minimum atomic E-state index is 0.276. The lowest BCUT2D eigenvalue weighted by molar-refractivity contribution is 0.304. The van der Waals surface area contributed by atoms with E-state index in [1.165, 1.54) is 12.2 Å². The van der Waals surface area contributed by atoms with E-state index in [2.05, 4.69) is 27.0 Å². The third kappa shape index (κ3) is 5.57. The van der Waals surface area contributed by atoms with Gasteiger partial charge in [-0.05, 0) is 30.3 Å². The predicted octanol–water partition coefficient (Wildman–Crippen LogP) is 2.50. The zero-order valence-electron chi connectivity index (χ0n) is 8.18. The first kappa shape index (κ1) is 11.3. The zero-order valence-corrected chi connectivity index (χ0v) is 9.00. The molecule has 0 radical (unpaired) electrons. The quantitative estimate of drug-likeness (QED) is 0.664. The van der Waals surface area contributed by atoms with E-state index < -0.39 is 0 Å². The molecule has 2 heteroatoms. The fourth-order valence-corrected chi connectivity index (χ4v) is 1.34. The maximum absolute atomic E-state index is 5.98. The van der Waals surface area contributed by atoms with E-state index in [-0.39, 0.29) is 5.41 Å². The fraction of sp³-hybridized carbons (Fsp3) is 1.00. The molecule has 0 aliphatic rings. The van der Waals surface area contributed by atoms with Crippen LogP contribution < -0.4 is 5.73 Å². The summed E-state index contributed by atoms with van der Waals surface area (Å²) in [5.74, 6) is 1.24. The number of thioether (sulfide) groups is 1. The number of rotatable bonds is 4. The molecule has 1 nitrogen and oxygen atoms in total. The second kappa shape index (κ2) is 5.04. The Kier molecular flexibility index (Phi) is 5.19. The second-order valence-electron chi connectivity index (χ2n) is 4.11. The number of hydrogen-bond donors (Lipinski definition) is 1. The van der Waals surface area contributed by atoms with Crippen LogP contribution in [0.3, 0.4) is 0 Å². The van der Waals surface area contributed by atoms with Crippen molar-refractivity contribution in [3.63, 3.8) is 0 Å². The minimum absolute atomic E-state index is 0.276. The molecule has 0 bridgehead atoms. The standard InChI is InChI=1S/C9H21NS/c1-9(2,3)8(10)6-5-7-11-4/h8H,5-7,10H2,1-4H3. The molecule has 0 aromatic carbocycles. The Morgan fingerprint density at radius 1 is 1.36 bits per heavy atom. The lowest BCUT2D eigenvalue weighted by Crippen LogP contribution is -2.34. The summed E-state index contributed by atoms with van der Waals surface area (Å²) >= 11 is 1.90. The molecule has 0 aliphatic heterocycles. The normalized spacial score (nSPS) is 15.0. The molecule has 0 amide bonds. The summed E-state index contributed by atoms with van der Waals surface area (Å²) in [7, 11) is 0. The molecule has 0 saturated heterocycles. The van der Waals surface area contributed by atoms with E-state index >= 15 is 0 Å². The Morgan fingerprint density at radius 2 is 1.91 bits per heavy atom. The van der Waals surface area contributed by atoms with Gasteiger partial charge in [-0.3, -0.25) is 0 Å². The van der Waals surface area contributed by atoms with Crippen molar-refractivity contribution in [1.29, 1.82) is 0 Å². The van der Waals surface area contributed by atoms with Crippen molar-refractivity contribution < 1.29 is 0 Å². The molecule has 1 atom stereocenters. The molecule has 0 spiro atoms. The van der Waals surface area contributed by atoms with Gasteiger partial charge in [0.1, 0.15) is 0 Å². The Labute approximate surface area is 75.1 Å². The van der Waals surface area contributed by atoms with Crippen LogP contribution in [0.2, 0.25) is 0 Å². The zero-order chi connectivity index (χ0) is 8.91. The van der Waals surface area contributed by atoms with Crippen molar-refractivity contribution in [2.45, 2.75) is 39.7 Å². The fourth-order valence-electron chi connectivity index (χ4n) is 0.881. The first-order chi connectivity index (χ1) is 4.98. The highest BCUT2D eigenvalue weighted by atomic mass is 32.2. The number of hydrogen-bond acceptors (Lipinski definition) is 2. The summed E-state index contributed by atoms with van der Waals surface area (Å²) in [6, 6.07) is 0.356.